The Kier molecular flexibility index (Phi) is 2.53. The smallest absolute Gasteiger partial charge is 0.0607 e. The third kappa shape index (κ3) is 1.60. The van der Waals surface area contributed by atoms with Crippen molar-refractivity contribution in [3.8, 4) is 0 Å². The fourth-order valence-electron chi connectivity index (χ4n) is 3.86. The van der Waals surface area contributed by atoms with Crippen LogP contribution in [0.4, 0.5) is 0 Å². The van der Waals surface area contributed by atoms with Crippen LogP contribution in [0.1, 0.15) is 57.8 Å². The van der Waals surface area contributed by atoms with Crippen LogP contribution in [0.15, 0.2) is 0 Å². The van der Waals surface area contributed by atoms with E-state index in [4.69, 9.17) is 4.74 Å². The van der Waals surface area contributed by atoms with E-state index in [-0.39, 0.29) is 0 Å². The van der Waals surface area contributed by atoms with Gasteiger partial charge in [0, 0.05) is 0 Å². The van der Waals surface area contributed by atoms with E-state index in [1.165, 1.54) is 57.8 Å². The lowest BCUT2D eigenvalue weighted by Crippen LogP contribution is -2.43. The first-order valence-electron chi connectivity index (χ1n) is 6.59. The minimum atomic E-state index is 0.656. The quantitative estimate of drug-likeness (QED) is 0.573. The second-order valence-electron chi connectivity index (χ2n) is 5.54. The highest BCUT2D eigenvalue weighted by Gasteiger charge is 2.39. The molecule has 1 heterocycles. The molecular formula is C13H22O. The maximum atomic E-state index is 6.29. The molecule has 14 heavy (non-hydrogen) atoms. The molecule has 0 aromatic rings. The molecule has 4 atom stereocenters. The second-order valence-corrected chi connectivity index (χ2v) is 5.54. The van der Waals surface area contributed by atoms with Gasteiger partial charge in [0.1, 0.15) is 0 Å². The lowest BCUT2D eigenvalue weighted by atomic mass is 9.72. The van der Waals surface area contributed by atoms with Gasteiger partial charge in [0.05, 0.1) is 12.2 Å². The largest absolute Gasteiger partial charge is 0.374 e. The van der Waals surface area contributed by atoms with Gasteiger partial charge in [0.25, 0.3) is 0 Å². The Morgan fingerprint density at radius 1 is 0.643 bits per heavy atom. The predicted octanol–water partition coefficient (Wildman–Crippen LogP) is 3.52. The Bertz CT molecular complexity index is 159. The van der Waals surface area contributed by atoms with Crippen LogP contribution in [0, 0.1) is 11.8 Å². The molecule has 1 heteroatoms. The van der Waals surface area contributed by atoms with Crippen LogP contribution in [0.5, 0.6) is 0 Å². The number of fused-ring (bicyclic) bond motifs is 2. The summed E-state index contributed by atoms with van der Waals surface area (Å²) in [4.78, 5) is 0. The molecule has 0 amide bonds. The van der Waals surface area contributed by atoms with Crippen molar-refractivity contribution in [1.29, 1.82) is 0 Å². The van der Waals surface area contributed by atoms with Gasteiger partial charge in [-0.2, -0.15) is 0 Å². The highest BCUT2D eigenvalue weighted by molar-refractivity contribution is 4.88. The van der Waals surface area contributed by atoms with Gasteiger partial charge in [-0.1, -0.05) is 25.7 Å². The molecular weight excluding hydrogens is 172 g/mol. The van der Waals surface area contributed by atoms with Crippen LogP contribution < -0.4 is 0 Å². The van der Waals surface area contributed by atoms with Crippen molar-refractivity contribution >= 4 is 0 Å². The summed E-state index contributed by atoms with van der Waals surface area (Å²) in [6, 6.07) is 0. The molecule has 0 N–H and O–H groups in total. The van der Waals surface area contributed by atoms with Gasteiger partial charge in [-0.05, 0) is 43.9 Å². The molecule has 0 bridgehead atoms. The van der Waals surface area contributed by atoms with Crippen molar-refractivity contribution < 1.29 is 4.74 Å². The van der Waals surface area contributed by atoms with E-state index in [9.17, 15) is 0 Å². The lowest BCUT2D eigenvalue weighted by Gasteiger charge is -2.46. The number of hydrogen-bond donors (Lipinski definition) is 0. The first-order valence-corrected chi connectivity index (χ1v) is 6.59. The average Bonchev–Trinajstić information content (AvgIpc) is 2.26. The Hall–Kier alpha value is -0.0400. The minimum absolute atomic E-state index is 0.656. The number of ether oxygens (including phenoxy) is 1. The molecule has 3 aliphatic rings. The van der Waals surface area contributed by atoms with Crippen molar-refractivity contribution in [2.24, 2.45) is 11.8 Å². The zero-order valence-corrected chi connectivity index (χ0v) is 9.08. The van der Waals surface area contributed by atoms with E-state index in [0.717, 1.165) is 11.8 Å². The van der Waals surface area contributed by atoms with Gasteiger partial charge >= 0.3 is 0 Å². The summed E-state index contributed by atoms with van der Waals surface area (Å²) in [5, 5.41) is 0. The Morgan fingerprint density at radius 2 is 1.14 bits per heavy atom. The van der Waals surface area contributed by atoms with Crippen molar-refractivity contribution in [2.75, 3.05) is 0 Å². The summed E-state index contributed by atoms with van der Waals surface area (Å²) in [6.45, 7) is 0. The van der Waals surface area contributed by atoms with Crippen LogP contribution in [0.25, 0.3) is 0 Å². The van der Waals surface area contributed by atoms with Crippen LogP contribution in [-0.4, -0.2) is 12.2 Å². The minimum Gasteiger partial charge on any atom is -0.374 e. The number of hydrogen-bond acceptors (Lipinski definition) is 1. The van der Waals surface area contributed by atoms with Crippen molar-refractivity contribution in [3.63, 3.8) is 0 Å². The van der Waals surface area contributed by atoms with Crippen molar-refractivity contribution in [2.45, 2.75) is 70.0 Å². The molecule has 0 aromatic carbocycles. The lowest BCUT2D eigenvalue weighted by molar-refractivity contribution is -0.140. The fraction of sp³-hybridized carbons (Fsp3) is 1.00. The molecule has 80 valence electrons. The average molecular weight is 194 g/mol. The molecule has 0 radical (unpaired) electrons. The van der Waals surface area contributed by atoms with Crippen LogP contribution >= 0.6 is 0 Å². The summed E-state index contributed by atoms with van der Waals surface area (Å²) in [6.07, 6.45) is 14.2. The van der Waals surface area contributed by atoms with Crippen LogP contribution in [0.3, 0.4) is 0 Å². The van der Waals surface area contributed by atoms with E-state index in [2.05, 4.69) is 0 Å². The summed E-state index contributed by atoms with van der Waals surface area (Å²) in [7, 11) is 0. The summed E-state index contributed by atoms with van der Waals surface area (Å²) < 4.78 is 6.29. The van der Waals surface area contributed by atoms with Crippen LogP contribution in [-0.2, 0) is 4.74 Å². The van der Waals surface area contributed by atoms with Gasteiger partial charge in [0.2, 0.25) is 0 Å². The third-order valence-corrected chi connectivity index (χ3v) is 4.63. The van der Waals surface area contributed by atoms with Crippen LogP contribution in [0.2, 0.25) is 0 Å². The SMILES string of the molecule is C1CC[C@@H]2O[C@@H]3CCCC[C@H]3C[C@H]2C1. The monoisotopic (exact) mass is 194 g/mol. The van der Waals surface area contributed by atoms with E-state index in [1.807, 2.05) is 0 Å². The van der Waals surface area contributed by atoms with Crippen molar-refractivity contribution in [3.05, 3.63) is 0 Å². The highest BCUT2D eigenvalue weighted by Crippen LogP contribution is 2.43. The Labute approximate surface area is 87.2 Å². The Balaban J connectivity index is 1.68. The first-order chi connectivity index (χ1) is 6.93. The van der Waals surface area contributed by atoms with Gasteiger partial charge in [-0.25, -0.2) is 0 Å². The summed E-state index contributed by atoms with van der Waals surface area (Å²) >= 11 is 0. The molecule has 1 saturated heterocycles. The normalized spacial score (nSPS) is 48.0. The molecule has 0 spiro atoms. The topological polar surface area (TPSA) is 9.23 Å². The second kappa shape index (κ2) is 3.84. The molecule has 0 unspecified atom stereocenters. The molecule has 3 fully saturated rings. The molecule has 2 saturated carbocycles. The number of rotatable bonds is 0. The van der Waals surface area contributed by atoms with Gasteiger partial charge in [-0.15, -0.1) is 0 Å². The van der Waals surface area contributed by atoms with E-state index < -0.39 is 0 Å². The molecule has 0 aromatic heterocycles. The van der Waals surface area contributed by atoms with Crippen molar-refractivity contribution in [1.82, 2.24) is 0 Å². The van der Waals surface area contributed by atoms with Gasteiger partial charge in [0.15, 0.2) is 0 Å². The standard InChI is InChI=1S/C13H22O/c1-3-7-12-10(5-1)9-11-6-2-4-8-13(11)14-12/h10-13H,1-9H2/t10-,11+,12+,13-. The Morgan fingerprint density at radius 3 is 1.71 bits per heavy atom. The molecule has 3 rings (SSSR count). The highest BCUT2D eigenvalue weighted by atomic mass is 16.5. The zero-order valence-electron chi connectivity index (χ0n) is 9.08. The van der Waals surface area contributed by atoms with Gasteiger partial charge in [-0.3, -0.25) is 0 Å². The first kappa shape index (κ1) is 9.21. The van der Waals surface area contributed by atoms with E-state index >= 15 is 0 Å². The summed E-state index contributed by atoms with van der Waals surface area (Å²) in [5.41, 5.74) is 0. The van der Waals surface area contributed by atoms with Gasteiger partial charge < -0.3 is 4.74 Å². The molecule has 2 aliphatic carbocycles. The van der Waals surface area contributed by atoms with E-state index in [0.29, 0.717) is 12.2 Å². The third-order valence-electron chi connectivity index (χ3n) is 4.63. The molecule has 1 nitrogen and oxygen atoms in total. The molecule has 1 aliphatic heterocycles. The maximum Gasteiger partial charge on any atom is 0.0607 e. The van der Waals surface area contributed by atoms with E-state index in [1.54, 1.807) is 0 Å². The zero-order chi connectivity index (χ0) is 9.38. The fourth-order valence-corrected chi connectivity index (χ4v) is 3.86. The maximum absolute atomic E-state index is 6.29. The predicted molar refractivity (Wildman–Crippen MR) is 57.2 cm³/mol. The summed E-state index contributed by atoms with van der Waals surface area (Å²) in [5.74, 6) is 1.87.